The van der Waals surface area contributed by atoms with Gasteiger partial charge in [0.05, 0.1) is 11.2 Å². The van der Waals surface area contributed by atoms with Gasteiger partial charge in [0.15, 0.2) is 0 Å². The standard InChI is InChI=1S/C31H43BBrNO6/c1-29(2)30(3,4)40-32(39-29)22-14-20-18-34(26(38)8-5-11-35)19-21-15-23(33)17-25-28(21)27(20)24(16-22)31(25,9-6-12-36)10-7-13-37/h14-17,26,35-38H,5-13,18-19H2,1-4H3. The maximum absolute atomic E-state index is 11.2. The molecule has 0 spiro atoms. The molecule has 2 heterocycles. The highest BCUT2D eigenvalue weighted by molar-refractivity contribution is 9.10. The molecule has 2 aromatic carbocycles. The number of hydrogen-bond donors (Lipinski definition) is 4. The van der Waals surface area contributed by atoms with Gasteiger partial charge in [0.1, 0.15) is 6.23 Å². The van der Waals surface area contributed by atoms with Gasteiger partial charge < -0.3 is 29.7 Å². The summed E-state index contributed by atoms with van der Waals surface area (Å²) in [4.78, 5) is 2.09. The summed E-state index contributed by atoms with van der Waals surface area (Å²) < 4.78 is 14.0. The fraction of sp³-hybridized carbons (Fsp3) is 0.613. The lowest BCUT2D eigenvalue weighted by atomic mass is 9.68. The molecule has 40 heavy (non-hydrogen) atoms. The van der Waals surface area contributed by atoms with Crippen LogP contribution in [0.1, 0.15) is 88.5 Å². The molecule has 5 rings (SSSR count). The summed E-state index contributed by atoms with van der Waals surface area (Å²) in [7, 11) is -0.536. The topological polar surface area (TPSA) is 103 Å². The van der Waals surface area contributed by atoms with Crippen LogP contribution >= 0.6 is 15.9 Å². The van der Waals surface area contributed by atoms with Crippen molar-refractivity contribution in [3.63, 3.8) is 0 Å². The lowest BCUT2D eigenvalue weighted by Crippen LogP contribution is -2.41. The Morgan fingerprint density at radius 2 is 1.35 bits per heavy atom. The maximum Gasteiger partial charge on any atom is 0.494 e. The third-order valence-corrected chi connectivity index (χ3v) is 10.0. The molecule has 1 saturated heterocycles. The van der Waals surface area contributed by atoms with Crippen molar-refractivity contribution >= 4 is 28.5 Å². The van der Waals surface area contributed by atoms with Gasteiger partial charge >= 0.3 is 7.12 Å². The highest BCUT2D eigenvalue weighted by atomic mass is 79.9. The SMILES string of the molecule is CC1(C)OB(c2cc3c4c(c2)C(CCCO)(CCCO)c2cc(Br)cc(c2-4)CN(C(O)CCCO)C3)OC1(C)C. The van der Waals surface area contributed by atoms with Gasteiger partial charge in [0, 0.05) is 42.8 Å². The van der Waals surface area contributed by atoms with Crippen molar-refractivity contribution in [1.29, 1.82) is 0 Å². The molecule has 7 nitrogen and oxygen atoms in total. The summed E-state index contributed by atoms with van der Waals surface area (Å²) in [6.45, 7) is 9.59. The molecular formula is C31H43BBrNO6. The van der Waals surface area contributed by atoms with Gasteiger partial charge in [0.25, 0.3) is 0 Å². The van der Waals surface area contributed by atoms with Gasteiger partial charge in [-0.25, -0.2) is 0 Å². The Kier molecular flexibility index (Phi) is 8.61. The molecule has 0 amide bonds. The lowest BCUT2D eigenvalue weighted by molar-refractivity contribution is -0.0171. The zero-order chi connectivity index (χ0) is 28.9. The molecule has 3 aliphatic rings. The van der Waals surface area contributed by atoms with Crippen LogP contribution in [0.5, 0.6) is 0 Å². The summed E-state index contributed by atoms with van der Waals surface area (Å²) in [5.41, 5.74) is 6.68. The third-order valence-electron chi connectivity index (χ3n) is 9.55. The first-order chi connectivity index (χ1) is 19.0. The van der Waals surface area contributed by atoms with E-state index in [4.69, 9.17) is 9.31 Å². The minimum Gasteiger partial charge on any atom is -0.399 e. The molecule has 1 fully saturated rings. The molecule has 218 valence electrons. The smallest absolute Gasteiger partial charge is 0.399 e. The summed E-state index contributed by atoms with van der Waals surface area (Å²) in [5.74, 6) is 0. The molecule has 1 aliphatic carbocycles. The quantitative estimate of drug-likeness (QED) is 0.284. The molecule has 0 radical (unpaired) electrons. The van der Waals surface area contributed by atoms with Gasteiger partial charge in [-0.05, 0) is 117 Å². The monoisotopic (exact) mass is 615 g/mol. The number of halogens is 1. The fourth-order valence-corrected chi connectivity index (χ4v) is 7.34. The molecule has 0 bridgehead atoms. The Labute approximate surface area is 246 Å². The van der Waals surface area contributed by atoms with E-state index >= 15 is 0 Å². The predicted molar refractivity (Wildman–Crippen MR) is 160 cm³/mol. The van der Waals surface area contributed by atoms with E-state index < -0.39 is 24.5 Å². The van der Waals surface area contributed by atoms with Crippen molar-refractivity contribution in [1.82, 2.24) is 4.90 Å². The molecule has 0 aromatic heterocycles. The summed E-state index contributed by atoms with van der Waals surface area (Å²) in [6.07, 6.45) is 3.14. The third kappa shape index (κ3) is 5.11. The number of hydrogen-bond acceptors (Lipinski definition) is 7. The minimum absolute atomic E-state index is 0.0439. The average molecular weight is 616 g/mol. The van der Waals surface area contributed by atoms with Gasteiger partial charge in [-0.1, -0.05) is 28.1 Å². The van der Waals surface area contributed by atoms with Crippen LogP contribution in [0.4, 0.5) is 0 Å². The van der Waals surface area contributed by atoms with Crippen molar-refractivity contribution in [3.8, 4) is 11.1 Å². The van der Waals surface area contributed by atoms with E-state index in [1.807, 2.05) is 0 Å². The van der Waals surface area contributed by atoms with E-state index in [9.17, 15) is 20.4 Å². The lowest BCUT2D eigenvalue weighted by Gasteiger charge is -2.34. The molecule has 9 heteroatoms. The van der Waals surface area contributed by atoms with Crippen molar-refractivity contribution in [2.75, 3.05) is 19.8 Å². The van der Waals surface area contributed by atoms with Gasteiger partial charge in [-0.2, -0.15) is 0 Å². The summed E-state index contributed by atoms with van der Waals surface area (Å²) in [5, 5.41) is 40.5. The Bertz CT molecular complexity index is 1230. The van der Waals surface area contributed by atoms with Crippen molar-refractivity contribution in [3.05, 3.63) is 51.0 Å². The predicted octanol–water partition coefficient (Wildman–Crippen LogP) is 3.97. The number of rotatable bonds is 11. The van der Waals surface area contributed by atoms with Crippen LogP contribution in [-0.4, -0.2) is 69.7 Å². The Balaban J connectivity index is 1.73. The van der Waals surface area contributed by atoms with Crippen LogP contribution in [0.2, 0.25) is 0 Å². The van der Waals surface area contributed by atoms with E-state index in [0.717, 1.165) is 33.9 Å². The van der Waals surface area contributed by atoms with Crippen LogP contribution in [0.25, 0.3) is 11.1 Å². The Morgan fingerprint density at radius 3 is 1.90 bits per heavy atom. The Morgan fingerprint density at radius 1 is 0.825 bits per heavy atom. The van der Waals surface area contributed by atoms with Crippen LogP contribution in [0, 0.1) is 0 Å². The molecule has 1 unspecified atom stereocenters. The molecule has 1 atom stereocenters. The molecule has 2 aromatic rings. The average Bonchev–Trinajstić information content (AvgIpc) is 3.21. The minimum atomic E-state index is -0.690. The van der Waals surface area contributed by atoms with Crippen LogP contribution in [0.15, 0.2) is 28.7 Å². The van der Waals surface area contributed by atoms with E-state index in [0.29, 0.717) is 38.8 Å². The van der Waals surface area contributed by atoms with E-state index in [-0.39, 0.29) is 25.2 Å². The van der Waals surface area contributed by atoms with Crippen molar-refractivity contribution in [2.24, 2.45) is 0 Å². The largest absolute Gasteiger partial charge is 0.494 e. The zero-order valence-electron chi connectivity index (χ0n) is 24.2. The molecule has 0 saturated carbocycles. The molecular weight excluding hydrogens is 573 g/mol. The van der Waals surface area contributed by atoms with E-state index in [2.05, 4.69) is 72.8 Å². The second kappa shape index (κ2) is 11.4. The summed E-state index contributed by atoms with van der Waals surface area (Å²) >= 11 is 3.77. The fourth-order valence-electron chi connectivity index (χ4n) is 6.83. The summed E-state index contributed by atoms with van der Waals surface area (Å²) in [6, 6.07) is 8.79. The van der Waals surface area contributed by atoms with Crippen LogP contribution in [0.3, 0.4) is 0 Å². The maximum atomic E-state index is 11.2. The zero-order valence-corrected chi connectivity index (χ0v) is 25.8. The number of aliphatic hydroxyl groups is 4. The van der Waals surface area contributed by atoms with Crippen molar-refractivity contribution < 1.29 is 29.7 Å². The Hall–Kier alpha value is -1.30. The highest BCUT2D eigenvalue weighted by Gasteiger charge is 2.53. The normalized spacial score (nSPS) is 21.0. The van der Waals surface area contributed by atoms with Gasteiger partial charge in [-0.3, -0.25) is 4.90 Å². The first-order valence-electron chi connectivity index (χ1n) is 14.6. The number of benzene rings is 2. The van der Waals surface area contributed by atoms with Crippen LogP contribution in [-0.2, 0) is 27.8 Å². The van der Waals surface area contributed by atoms with E-state index in [1.54, 1.807) is 0 Å². The first kappa shape index (κ1) is 30.2. The van der Waals surface area contributed by atoms with Crippen LogP contribution < -0.4 is 5.46 Å². The first-order valence-corrected chi connectivity index (χ1v) is 15.4. The van der Waals surface area contributed by atoms with E-state index in [1.165, 1.54) is 22.3 Å². The van der Waals surface area contributed by atoms with Gasteiger partial charge in [-0.15, -0.1) is 0 Å². The number of nitrogens with zero attached hydrogens (tertiary/aromatic N) is 1. The van der Waals surface area contributed by atoms with Gasteiger partial charge in [0.2, 0.25) is 0 Å². The second-order valence-electron chi connectivity index (χ2n) is 12.7. The van der Waals surface area contributed by atoms with Crippen molar-refractivity contribution in [2.45, 2.75) is 102 Å². The number of aliphatic hydroxyl groups excluding tert-OH is 4. The molecule has 4 N–H and O–H groups in total. The highest BCUT2D eigenvalue weighted by Crippen LogP contribution is 2.57. The second-order valence-corrected chi connectivity index (χ2v) is 13.6. The molecule has 2 aliphatic heterocycles.